The van der Waals surface area contributed by atoms with E-state index in [1.165, 1.54) is 43.1 Å². The third-order valence-corrected chi connectivity index (χ3v) is 5.05. The van der Waals surface area contributed by atoms with E-state index in [1.54, 1.807) is 0 Å². The van der Waals surface area contributed by atoms with E-state index in [4.69, 9.17) is 5.84 Å². The first-order chi connectivity index (χ1) is 10.3. The fourth-order valence-corrected chi connectivity index (χ4v) is 3.86. The maximum atomic E-state index is 5.94. The lowest BCUT2D eigenvalue weighted by Gasteiger charge is -2.34. The van der Waals surface area contributed by atoms with Crippen molar-refractivity contribution in [3.8, 4) is 0 Å². The summed E-state index contributed by atoms with van der Waals surface area (Å²) in [4.78, 5) is 4.59. The van der Waals surface area contributed by atoms with Crippen LogP contribution in [-0.4, -0.2) is 4.98 Å². The summed E-state index contributed by atoms with van der Waals surface area (Å²) in [5.74, 6) is 7.40. The minimum atomic E-state index is 0.206. The lowest BCUT2D eigenvalue weighted by molar-refractivity contribution is 0.210. The van der Waals surface area contributed by atoms with Crippen molar-refractivity contribution in [2.24, 2.45) is 17.7 Å². The van der Waals surface area contributed by atoms with Gasteiger partial charge in [-0.05, 0) is 36.3 Å². The molecule has 0 saturated heterocycles. The first kappa shape index (κ1) is 14.5. The average molecular weight is 283 g/mol. The molecule has 1 saturated carbocycles. The minimum Gasteiger partial charge on any atom is -0.271 e. The van der Waals surface area contributed by atoms with Crippen molar-refractivity contribution in [2.75, 3.05) is 0 Å². The van der Waals surface area contributed by atoms with Gasteiger partial charge in [-0.15, -0.1) is 0 Å². The fourth-order valence-electron chi connectivity index (χ4n) is 3.86. The number of hydrazine groups is 1. The van der Waals surface area contributed by atoms with Gasteiger partial charge in [0.25, 0.3) is 0 Å². The summed E-state index contributed by atoms with van der Waals surface area (Å²) in [6, 6.07) is 10.7. The molecule has 1 aliphatic rings. The number of aromatic nitrogens is 1. The van der Waals surface area contributed by atoms with E-state index < -0.39 is 0 Å². The maximum Gasteiger partial charge on any atom is 0.0750 e. The number of rotatable bonds is 4. The molecule has 3 rings (SSSR count). The lowest BCUT2D eigenvalue weighted by Crippen LogP contribution is -2.36. The van der Waals surface area contributed by atoms with Crippen molar-refractivity contribution in [1.82, 2.24) is 10.4 Å². The summed E-state index contributed by atoms with van der Waals surface area (Å²) < 4.78 is 0. The molecule has 0 spiro atoms. The average Bonchev–Trinajstić information content (AvgIpc) is 2.56. The Hall–Kier alpha value is -1.45. The van der Waals surface area contributed by atoms with Crippen molar-refractivity contribution < 1.29 is 0 Å². The van der Waals surface area contributed by atoms with Gasteiger partial charge in [-0.3, -0.25) is 16.3 Å². The van der Waals surface area contributed by atoms with Crippen LogP contribution in [0.5, 0.6) is 0 Å². The van der Waals surface area contributed by atoms with Gasteiger partial charge >= 0.3 is 0 Å². The lowest BCUT2D eigenvalue weighted by atomic mass is 9.75. The molecule has 0 bridgehead atoms. The van der Waals surface area contributed by atoms with Crippen LogP contribution < -0.4 is 11.3 Å². The van der Waals surface area contributed by atoms with Gasteiger partial charge in [0.15, 0.2) is 0 Å². The second-order valence-electron chi connectivity index (χ2n) is 6.27. The molecule has 112 valence electrons. The largest absolute Gasteiger partial charge is 0.271 e. The van der Waals surface area contributed by atoms with Crippen molar-refractivity contribution in [3.05, 3.63) is 42.1 Å². The number of fused-ring (bicyclic) bond motifs is 1. The van der Waals surface area contributed by atoms with Gasteiger partial charge in [0, 0.05) is 11.6 Å². The van der Waals surface area contributed by atoms with Gasteiger partial charge in [-0.2, -0.15) is 0 Å². The predicted octanol–water partition coefficient (Wildman–Crippen LogP) is 3.96. The molecule has 2 aromatic rings. The minimum absolute atomic E-state index is 0.206. The fraction of sp³-hybridized carbons (Fsp3) is 0.500. The highest BCUT2D eigenvalue weighted by atomic mass is 15.2. The van der Waals surface area contributed by atoms with Crippen molar-refractivity contribution in [3.63, 3.8) is 0 Å². The van der Waals surface area contributed by atoms with Crippen molar-refractivity contribution in [2.45, 2.75) is 45.1 Å². The zero-order valence-electron chi connectivity index (χ0n) is 12.8. The van der Waals surface area contributed by atoms with E-state index in [9.17, 15) is 0 Å². The molecule has 1 fully saturated rings. The molecule has 1 heterocycles. The molecule has 3 atom stereocenters. The second kappa shape index (κ2) is 6.54. The van der Waals surface area contributed by atoms with E-state index in [0.29, 0.717) is 5.92 Å². The molecule has 1 aromatic carbocycles. The number of nitrogens with zero attached hydrogens (tertiary/aromatic N) is 1. The number of nitrogens with one attached hydrogen (secondary N) is 1. The summed E-state index contributed by atoms with van der Waals surface area (Å²) in [5, 5.41) is 1.19. The van der Waals surface area contributed by atoms with Crippen LogP contribution in [-0.2, 0) is 0 Å². The first-order valence-corrected chi connectivity index (χ1v) is 8.13. The Bertz CT molecular complexity index is 591. The van der Waals surface area contributed by atoms with Gasteiger partial charge in [-0.25, -0.2) is 0 Å². The molecule has 3 N–H and O–H groups in total. The number of hydrogen-bond donors (Lipinski definition) is 2. The van der Waals surface area contributed by atoms with Crippen LogP contribution in [0.4, 0.5) is 0 Å². The van der Waals surface area contributed by atoms with Gasteiger partial charge in [0.05, 0.1) is 11.6 Å². The summed E-state index contributed by atoms with van der Waals surface area (Å²) >= 11 is 0. The standard InChI is InChI=1S/C18H25N3/c1-2-13-6-3-8-15(12-13)18(21-19)16-10-4-7-14-9-5-11-20-17(14)16/h4-5,7,9-11,13,15,18,21H,2-3,6,8,12,19H2,1H3. The molecule has 3 heteroatoms. The quantitative estimate of drug-likeness (QED) is 0.659. The summed E-state index contributed by atoms with van der Waals surface area (Å²) in [7, 11) is 0. The molecule has 1 aromatic heterocycles. The van der Waals surface area contributed by atoms with E-state index in [2.05, 4.69) is 41.6 Å². The number of pyridine rings is 1. The Labute approximate surface area is 126 Å². The number of nitrogens with two attached hydrogens (primary N) is 1. The first-order valence-electron chi connectivity index (χ1n) is 8.13. The van der Waals surface area contributed by atoms with Gasteiger partial charge in [-0.1, -0.05) is 50.5 Å². The highest BCUT2D eigenvalue weighted by molar-refractivity contribution is 5.82. The van der Waals surface area contributed by atoms with Crippen LogP contribution >= 0.6 is 0 Å². The summed E-state index contributed by atoms with van der Waals surface area (Å²) in [6.07, 6.45) is 8.37. The molecular formula is C18H25N3. The molecule has 3 nitrogen and oxygen atoms in total. The summed E-state index contributed by atoms with van der Waals surface area (Å²) in [5.41, 5.74) is 5.42. The summed E-state index contributed by atoms with van der Waals surface area (Å²) in [6.45, 7) is 2.30. The Morgan fingerprint density at radius 3 is 2.95 bits per heavy atom. The second-order valence-corrected chi connectivity index (χ2v) is 6.27. The predicted molar refractivity (Wildman–Crippen MR) is 87.5 cm³/mol. The van der Waals surface area contributed by atoms with Crippen LogP contribution in [0.15, 0.2) is 36.5 Å². The zero-order chi connectivity index (χ0) is 14.7. The number of benzene rings is 1. The molecule has 1 aliphatic carbocycles. The molecule has 21 heavy (non-hydrogen) atoms. The number of para-hydroxylation sites is 1. The van der Waals surface area contributed by atoms with Crippen LogP contribution in [0.3, 0.4) is 0 Å². The van der Waals surface area contributed by atoms with E-state index >= 15 is 0 Å². The third-order valence-electron chi connectivity index (χ3n) is 5.05. The Morgan fingerprint density at radius 2 is 2.14 bits per heavy atom. The highest BCUT2D eigenvalue weighted by Crippen LogP contribution is 2.39. The highest BCUT2D eigenvalue weighted by Gasteiger charge is 2.29. The topological polar surface area (TPSA) is 50.9 Å². The zero-order valence-corrected chi connectivity index (χ0v) is 12.8. The van der Waals surface area contributed by atoms with Gasteiger partial charge in [0.1, 0.15) is 0 Å². The monoisotopic (exact) mass is 283 g/mol. The molecular weight excluding hydrogens is 258 g/mol. The van der Waals surface area contributed by atoms with E-state index in [1.807, 2.05) is 12.3 Å². The Kier molecular flexibility index (Phi) is 4.51. The Balaban J connectivity index is 1.94. The van der Waals surface area contributed by atoms with Crippen molar-refractivity contribution in [1.29, 1.82) is 0 Å². The SMILES string of the molecule is CCC1CCCC(C(NN)c2cccc3cccnc23)C1. The normalized spacial score (nSPS) is 24.1. The number of hydrogen-bond acceptors (Lipinski definition) is 3. The van der Waals surface area contributed by atoms with Crippen LogP contribution in [0, 0.1) is 11.8 Å². The molecule has 0 aliphatic heterocycles. The smallest absolute Gasteiger partial charge is 0.0750 e. The van der Waals surface area contributed by atoms with Gasteiger partial charge < -0.3 is 0 Å². The van der Waals surface area contributed by atoms with E-state index in [0.717, 1.165) is 11.4 Å². The van der Waals surface area contributed by atoms with E-state index in [-0.39, 0.29) is 6.04 Å². The molecule has 0 amide bonds. The molecule has 0 radical (unpaired) electrons. The molecule has 3 unspecified atom stereocenters. The van der Waals surface area contributed by atoms with Crippen LogP contribution in [0.25, 0.3) is 10.9 Å². The third kappa shape index (κ3) is 2.94. The van der Waals surface area contributed by atoms with Crippen LogP contribution in [0.2, 0.25) is 0 Å². The van der Waals surface area contributed by atoms with Crippen LogP contribution in [0.1, 0.15) is 50.6 Å². The Morgan fingerprint density at radius 1 is 1.29 bits per heavy atom. The van der Waals surface area contributed by atoms with Gasteiger partial charge in [0.2, 0.25) is 0 Å². The maximum absolute atomic E-state index is 5.94. The van der Waals surface area contributed by atoms with Crippen molar-refractivity contribution >= 4 is 10.9 Å².